The summed E-state index contributed by atoms with van der Waals surface area (Å²) in [7, 11) is 0. The minimum Gasteiger partial charge on any atom is -0.392 e. The second-order valence-electron chi connectivity index (χ2n) is 6.46. The van der Waals surface area contributed by atoms with Crippen LogP contribution >= 0.6 is 0 Å². The van der Waals surface area contributed by atoms with E-state index in [1.54, 1.807) is 0 Å². The molecule has 0 aliphatic rings. The largest absolute Gasteiger partial charge is 0.392 e. The minimum atomic E-state index is 0.197. The van der Waals surface area contributed by atoms with Crippen molar-refractivity contribution < 1.29 is 5.11 Å². The van der Waals surface area contributed by atoms with Crippen LogP contribution in [0.15, 0.2) is 11.6 Å². The number of aliphatic hydroxyl groups is 1. The fourth-order valence-electron chi connectivity index (χ4n) is 2.93. The minimum absolute atomic E-state index is 0.197. The molecule has 1 heteroatoms. The van der Waals surface area contributed by atoms with E-state index in [4.69, 9.17) is 5.11 Å². The Morgan fingerprint density at radius 2 is 1.47 bits per heavy atom. The maximum absolute atomic E-state index is 8.99. The molecule has 0 saturated heterocycles. The van der Waals surface area contributed by atoms with Crippen molar-refractivity contribution in [1.82, 2.24) is 0 Å². The Morgan fingerprint density at radius 3 is 1.94 bits per heavy atom. The third kappa shape index (κ3) is 9.41. The number of allylic oxidation sites excluding steroid dienone is 1. The lowest BCUT2D eigenvalue weighted by molar-refractivity contribution is 0.320. The number of aliphatic hydroxyl groups excluding tert-OH is 1. The molecular formula is C16H32O. The molecule has 0 spiro atoms. The summed E-state index contributed by atoms with van der Waals surface area (Å²) in [4.78, 5) is 0. The van der Waals surface area contributed by atoms with Gasteiger partial charge < -0.3 is 5.11 Å². The Kier molecular flexibility index (Phi) is 8.59. The van der Waals surface area contributed by atoms with Crippen LogP contribution in [0.25, 0.3) is 0 Å². The molecule has 0 fully saturated rings. The van der Waals surface area contributed by atoms with Crippen LogP contribution in [0.3, 0.4) is 0 Å². The summed E-state index contributed by atoms with van der Waals surface area (Å²) in [6.07, 6.45) is 6.11. The molecule has 0 bridgehead atoms. The highest BCUT2D eigenvalue weighted by Gasteiger charge is 2.12. The van der Waals surface area contributed by atoms with Crippen LogP contribution in [0.5, 0.6) is 0 Å². The zero-order valence-corrected chi connectivity index (χ0v) is 12.7. The van der Waals surface area contributed by atoms with E-state index in [1.165, 1.54) is 19.3 Å². The summed E-state index contributed by atoms with van der Waals surface area (Å²) >= 11 is 0. The van der Waals surface area contributed by atoms with Gasteiger partial charge in [0.15, 0.2) is 0 Å². The summed E-state index contributed by atoms with van der Waals surface area (Å²) in [5, 5.41) is 8.99. The van der Waals surface area contributed by atoms with Crippen molar-refractivity contribution in [3.8, 4) is 0 Å². The quantitative estimate of drug-likeness (QED) is 0.612. The molecule has 0 rings (SSSR count). The topological polar surface area (TPSA) is 20.2 Å². The lowest BCUT2D eigenvalue weighted by atomic mass is 9.85. The first-order valence-electron chi connectivity index (χ1n) is 7.13. The van der Waals surface area contributed by atoms with E-state index < -0.39 is 0 Å². The van der Waals surface area contributed by atoms with Crippen LogP contribution in [0, 0.1) is 23.7 Å². The molecular weight excluding hydrogens is 208 g/mol. The summed E-state index contributed by atoms with van der Waals surface area (Å²) in [5.74, 6) is 3.01. The normalized spacial score (nSPS) is 18.2. The van der Waals surface area contributed by atoms with Gasteiger partial charge in [0.25, 0.3) is 0 Å². The van der Waals surface area contributed by atoms with Gasteiger partial charge in [-0.15, -0.1) is 0 Å². The van der Waals surface area contributed by atoms with Gasteiger partial charge in [-0.2, -0.15) is 0 Å². The second kappa shape index (κ2) is 8.74. The molecule has 0 aromatic rings. The van der Waals surface area contributed by atoms with Crippen molar-refractivity contribution in [3.05, 3.63) is 11.6 Å². The van der Waals surface area contributed by atoms with Crippen LogP contribution in [-0.2, 0) is 0 Å². The highest BCUT2D eigenvalue weighted by molar-refractivity contribution is 5.00. The third-order valence-electron chi connectivity index (χ3n) is 3.27. The fraction of sp³-hybridized carbons (Fsp3) is 0.875. The average molecular weight is 240 g/mol. The monoisotopic (exact) mass is 240 g/mol. The summed E-state index contributed by atoms with van der Waals surface area (Å²) in [5.41, 5.74) is 1.10. The Labute approximate surface area is 108 Å². The van der Waals surface area contributed by atoms with Gasteiger partial charge in [-0.3, -0.25) is 0 Å². The third-order valence-corrected chi connectivity index (χ3v) is 3.27. The van der Waals surface area contributed by atoms with Gasteiger partial charge in [0.05, 0.1) is 6.61 Å². The van der Waals surface area contributed by atoms with Crippen LogP contribution in [0.4, 0.5) is 0 Å². The number of rotatable bonds is 8. The Morgan fingerprint density at radius 1 is 0.941 bits per heavy atom. The Bertz CT molecular complexity index is 218. The van der Waals surface area contributed by atoms with Crippen molar-refractivity contribution in [3.63, 3.8) is 0 Å². The molecule has 17 heavy (non-hydrogen) atoms. The molecule has 1 N–H and O–H groups in total. The first-order chi connectivity index (χ1) is 7.85. The molecule has 102 valence electrons. The second-order valence-corrected chi connectivity index (χ2v) is 6.46. The summed E-state index contributed by atoms with van der Waals surface area (Å²) in [6, 6.07) is 0. The van der Waals surface area contributed by atoms with E-state index in [0.717, 1.165) is 23.3 Å². The van der Waals surface area contributed by atoms with Gasteiger partial charge >= 0.3 is 0 Å². The van der Waals surface area contributed by atoms with Gasteiger partial charge in [0.2, 0.25) is 0 Å². The van der Waals surface area contributed by atoms with E-state index in [2.05, 4.69) is 40.7 Å². The van der Waals surface area contributed by atoms with E-state index in [-0.39, 0.29) is 6.61 Å². The predicted octanol–water partition coefficient (Wildman–Crippen LogP) is 4.66. The van der Waals surface area contributed by atoms with E-state index in [0.29, 0.717) is 5.92 Å². The molecule has 0 heterocycles. The van der Waals surface area contributed by atoms with Gasteiger partial charge in [0.1, 0.15) is 0 Å². The van der Waals surface area contributed by atoms with Crippen LogP contribution in [0.1, 0.15) is 60.8 Å². The van der Waals surface area contributed by atoms with Crippen LogP contribution < -0.4 is 0 Å². The van der Waals surface area contributed by atoms with Crippen LogP contribution in [-0.4, -0.2) is 11.7 Å². The van der Waals surface area contributed by atoms with Crippen molar-refractivity contribution in [2.24, 2.45) is 23.7 Å². The van der Waals surface area contributed by atoms with E-state index in [1.807, 2.05) is 6.92 Å². The van der Waals surface area contributed by atoms with Crippen molar-refractivity contribution >= 4 is 0 Å². The molecule has 0 aliphatic carbocycles. The first-order valence-corrected chi connectivity index (χ1v) is 7.13. The van der Waals surface area contributed by atoms with E-state index >= 15 is 0 Å². The van der Waals surface area contributed by atoms with Gasteiger partial charge in [-0.25, -0.2) is 0 Å². The molecule has 0 aliphatic heterocycles. The standard InChI is InChI=1S/C16H32O/c1-12(2)7-13(3)8-14(4)9-15(5)10-16(6)11-17/h10,12-15,17H,7-9,11H2,1-6H3/b16-10+. The molecule has 1 nitrogen and oxygen atoms in total. The first kappa shape index (κ1) is 16.7. The van der Waals surface area contributed by atoms with Crippen molar-refractivity contribution in [1.29, 1.82) is 0 Å². The Hall–Kier alpha value is -0.300. The van der Waals surface area contributed by atoms with Gasteiger partial charge in [0, 0.05) is 0 Å². The zero-order chi connectivity index (χ0) is 13.4. The van der Waals surface area contributed by atoms with Gasteiger partial charge in [-0.1, -0.05) is 46.3 Å². The smallest absolute Gasteiger partial charge is 0.0639 e. The summed E-state index contributed by atoms with van der Waals surface area (Å²) < 4.78 is 0. The number of hydrogen-bond donors (Lipinski definition) is 1. The molecule has 0 aromatic carbocycles. The fourth-order valence-corrected chi connectivity index (χ4v) is 2.93. The van der Waals surface area contributed by atoms with Crippen LogP contribution in [0.2, 0.25) is 0 Å². The Balaban J connectivity index is 3.96. The maximum atomic E-state index is 8.99. The SMILES string of the molecule is C/C(=C\C(C)CC(C)CC(C)CC(C)C)CO. The average Bonchev–Trinajstić information content (AvgIpc) is 2.14. The van der Waals surface area contributed by atoms with Crippen molar-refractivity contribution in [2.75, 3.05) is 6.61 Å². The zero-order valence-electron chi connectivity index (χ0n) is 12.7. The van der Waals surface area contributed by atoms with E-state index in [9.17, 15) is 0 Å². The molecule has 3 unspecified atom stereocenters. The molecule has 0 amide bonds. The molecule has 0 saturated carbocycles. The maximum Gasteiger partial charge on any atom is 0.0639 e. The summed E-state index contributed by atoms with van der Waals surface area (Å²) in [6.45, 7) is 13.8. The predicted molar refractivity (Wildman–Crippen MR) is 77.0 cm³/mol. The lowest BCUT2D eigenvalue weighted by Gasteiger charge is -2.20. The van der Waals surface area contributed by atoms with Crippen molar-refractivity contribution in [2.45, 2.75) is 60.8 Å². The number of hydrogen-bond acceptors (Lipinski definition) is 1. The molecule has 0 radical (unpaired) electrons. The molecule has 3 atom stereocenters. The lowest BCUT2D eigenvalue weighted by Crippen LogP contribution is -2.09. The molecule has 0 aromatic heterocycles. The highest BCUT2D eigenvalue weighted by atomic mass is 16.3. The van der Waals surface area contributed by atoms with Gasteiger partial charge in [-0.05, 0) is 49.9 Å². The highest BCUT2D eigenvalue weighted by Crippen LogP contribution is 2.24.